The fourth-order valence-electron chi connectivity index (χ4n) is 2.30. The fourth-order valence-corrected chi connectivity index (χ4v) is 2.43. The number of halogens is 1. The molecule has 2 aromatic carbocycles. The van der Waals surface area contributed by atoms with Crippen LogP contribution in [0.3, 0.4) is 0 Å². The quantitative estimate of drug-likeness (QED) is 0.202. The minimum absolute atomic E-state index is 0. The van der Waals surface area contributed by atoms with Gasteiger partial charge in [-0.15, -0.1) is 0 Å². The molecule has 0 fully saturated rings. The van der Waals surface area contributed by atoms with E-state index in [9.17, 15) is 14.4 Å². The molecule has 0 heterocycles. The first kappa shape index (κ1) is 27.0. The van der Waals surface area contributed by atoms with Crippen LogP contribution >= 0.6 is 11.6 Å². The number of ether oxygens (including phenoxy) is 3. The van der Waals surface area contributed by atoms with Gasteiger partial charge in [-0.3, -0.25) is 4.79 Å². The summed E-state index contributed by atoms with van der Waals surface area (Å²) in [7, 11) is 0. The number of rotatable bonds is 9. The Bertz CT molecular complexity index is 845. The van der Waals surface area contributed by atoms with Crippen molar-refractivity contribution in [3.05, 3.63) is 65.2 Å². The van der Waals surface area contributed by atoms with Gasteiger partial charge in [0.2, 0.25) is 0 Å². The van der Waals surface area contributed by atoms with Crippen molar-refractivity contribution in [2.45, 2.75) is 33.0 Å². The molecular formula is C22H25ClNNaO6. The molecule has 1 N–H and O–H groups in total. The van der Waals surface area contributed by atoms with E-state index in [4.69, 9.17) is 25.8 Å². The van der Waals surface area contributed by atoms with Gasteiger partial charge >= 0.3 is 47.6 Å². The summed E-state index contributed by atoms with van der Waals surface area (Å²) in [5.74, 6) is -0.842. The van der Waals surface area contributed by atoms with Gasteiger partial charge in [0.15, 0.2) is 0 Å². The van der Waals surface area contributed by atoms with Gasteiger partial charge in [0.1, 0.15) is 5.75 Å². The van der Waals surface area contributed by atoms with Gasteiger partial charge in [-0.1, -0.05) is 43.6 Å². The van der Waals surface area contributed by atoms with Crippen LogP contribution in [0.25, 0.3) is 0 Å². The van der Waals surface area contributed by atoms with Gasteiger partial charge in [0, 0.05) is 23.9 Å². The SMILES string of the molecule is CC(C)C(OC(=O)NCCCC(=O)Oc1ccc(Cl)cc1)OC(=O)c1ccccc1.[NaH]. The summed E-state index contributed by atoms with van der Waals surface area (Å²) in [4.78, 5) is 36.0. The van der Waals surface area contributed by atoms with Gasteiger partial charge in [-0.25, -0.2) is 9.59 Å². The second kappa shape index (κ2) is 14.1. The van der Waals surface area contributed by atoms with Crippen molar-refractivity contribution < 1.29 is 28.6 Å². The van der Waals surface area contributed by atoms with E-state index in [1.165, 1.54) is 0 Å². The average molecular weight is 458 g/mol. The Kier molecular flexibility index (Phi) is 12.3. The number of amides is 1. The number of nitrogens with one attached hydrogen (secondary N) is 1. The van der Waals surface area contributed by atoms with Crippen molar-refractivity contribution in [2.24, 2.45) is 5.92 Å². The molecule has 0 saturated carbocycles. The molecule has 0 aliphatic carbocycles. The molecular weight excluding hydrogens is 433 g/mol. The predicted molar refractivity (Wildman–Crippen MR) is 118 cm³/mol. The fraction of sp³-hybridized carbons (Fsp3) is 0.318. The molecule has 1 amide bonds. The standard InChI is InChI=1S/C22H24ClNO6.Na.H/c1-15(2)21(29-20(26)16-7-4-3-5-8-16)30-22(27)24-14-6-9-19(25)28-18-12-10-17(23)11-13-18;;/h3-5,7-8,10-13,15,21H,6,9,14H2,1-2H3,(H,24,27);;. The molecule has 1 unspecified atom stereocenters. The van der Waals surface area contributed by atoms with Crippen LogP contribution in [0, 0.1) is 5.92 Å². The van der Waals surface area contributed by atoms with Gasteiger partial charge in [0.05, 0.1) is 5.56 Å². The minimum atomic E-state index is -1.03. The zero-order valence-electron chi connectivity index (χ0n) is 16.8. The third kappa shape index (κ3) is 10.2. The number of carbonyl (C=O) groups is 3. The Balaban J connectivity index is 0.00000480. The predicted octanol–water partition coefficient (Wildman–Crippen LogP) is 3.94. The second-order valence-electron chi connectivity index (χ2n) is 6.75. The first-order valence-electron chi connectivity index (χ1n) is 9.52. The van der Waals surface area contributed by atoms with E-state index in [1.54, 1.807) is 68.4 Å². The number of esters is 2. The van der Waals surface area contributed by atoms with E-state index in [-0.39, 0.29) is 48.4 Å². The summed E-state index contributed by atoms with van der Waals surface area (Å²) < 4.78 is 15.6. The van der Waals surface area contributed by atoms with E-state index in [2.05, 4.69) is 5.32 Å². The van der Waals surface area contributed by atoms with E-state index in [0.29, 0.717) is 22.8 Å². The maximum absolute atomic E-state index is 12.2. The van der Waals surface area contributed by atoms with E-state index >= 15 is 0 Å². The van der Waals surface area contributed by atoms with Crippen LogP contribution < -0.4 is 10.1 Å². The molecule has 0 aromatic heterocycles. The zero-order valence-corrected chi connectivity index (χ0v) is 17.6. The molecule has 0 radical (unpaired) electrons. The Morgan fingerprint density at radius 2 is 1.61 bits per heavy atom. The average Bonchev–Trinajstić information content (AvgIpc) is 2.73. The number of hydrogen-bond donors (Lipinski definition) is 1. The van der Waals surface area contributed by atoms with Crippen molar-refractivity contribution >= 4 is 59.2 Å². The summed E-state index contributed by atoms with van der Waals surface area (Å²) in [6.45, 7) is 3.73. The van der Waals surface area contributed by atoms with Gasteiger partial charge < -0.3 is 19.5 Å². The van der Waals surface area contributed by atoms with Crippen LogP contribution in [0.4, 0.5) is 4.79 Å². The summed E-state index contributed by atoms with van der Waals surface area (Å²) in [5.41, 5.74) is 0.367. The number of hydrogen-bond acceptors (Lipinski definition) is 6. The van der Waals surface area contributed by atoms with Crippen LogP contribution in [-0.2, 0) is 14.3 Å². The monoisotopic (exact) mass is 457 g/mol. The number of alkyl carbamates (subject to hydrolysis) is 1. The maximum atomic E-state index is 12.2. The van der Waals surface area contributed by atoms with Gasteiger partial charge in [-0.05, 0) is 42.8 Å². The molecule has 31 heavy (non-hydrogen) atoms. The second-order valence-corrected chi connectivity index (χ2v) is 7.18. The Morgan fingerprint density at radius 3 is 2.23 bits per heavy atom. The van der Waals surface area contributed by atoms with E-state index in [1.807, 2.05) is 0 Å². The van der Waals surface area contributed by atoms with Gasteiger partial charge in [0.25, 0.3) is 6.29 Å². The van der Waals surface area contributed by atoms with Crippen molar-refractivity contribution in [1.82, 2.24) is 5.32 Å². The zero-order chi connectivity index (χ0) is 21.9. The molecule has 1 atom stereocenters. The van der Waals surface area contributed by atoms with E-state index < -0.39 is 24.3 Å². The molecule has 9 heteroatoms. The van der Waals surface area contributed by atoms with Crippen molar-refractivity contribution in [1.29, 1.82) is 0 Å². The molecule has 0 spiro atoms. The van der Waals surface area contributed by atoms with Gasteiger partial charge in [-0.2, -0.15) is 0 Å². The first-order chi connectivity index (χ1) is 14.3. The normalized spacial score (nSPS) is 11.1. The molecule has 0 saturated heterocycles. The van der Waals surface area contributed by atoms with Crippen LogP contribution in [0.5, 0.6) is 5.75 Å². The number of carbonyl (C=O) groups excluding carboxylic acids is 3. The molecule has 0 aliphatic rings. The first-order valence-corrected chi connectivity index (χ1v) is 9.89. The summed E-state index contributed by atoms with van der Waals surface area (Å²) in [5, 5.41) is 3.08. The molecule has 162 valence electrons. The topological polar surface area (TPSA) is 90.9 Å². The Labute approximate surface area is 208 Å². The van der Waals surface area contributed by atoms with Crippen LogP contribution in [0.2, 0.25) is 5.02 Å². The van der Waals surface area contributed by atoms with Crippen molar-refractivity contribution in [3.63, 3.8) is 0 Å². The Hall–Kier alpha value is -2.06. The molecule has 0 bridgehead atoms. The van der Waals surface area contributed by atoms with Crippen LogP contribution in [-0.4, -0.2) is 60.4 Å². The van der Waals surface area contributed by atoms with Crippen LogP contribution in [0.1, 0.15) is 37.0 Å². The molecule has 2 aromatic rings. The van der Waals surface area contributed by atoms with E-state index in [0.717, 1.165) is 0 Å². The van der Waals surface area contributed by atoms with Crippen molar-refractivity contribution in [3.8, 4) is 5.75 Å². The summed E-state index contributed by atoms with van der Waals surface area (Å²) in [6, 6.07) is 14.9. The third-order valence-corrected chi connectivity index (χ3v) is 4.12. The van der Waals surface area contributed by atoms with Crippen LogP contribution in [0.15, 0.2) is 54.6 Å². The third-order valence-electron chi connectivity index (χ3n) is 3.87. The van der Waals surface area contributed by atoms with Crippen molar-refractivity contribution in [2.75, 3.05) is 6.54 Å². The summed E-state index contributed by atoms with van der Waals surface area (Å²) >= 11 is 5.77. The molecule has 0 aliphatic heterocycles. The Morgan fingerprint density at radius 1 is 0.968 bits per heavy atom. The molecule has 2 rings (SSSR count). The number of benzene rings is 2. The molecule has 7 nitrogen and oxygen atoms in total. The summed E-state index contributed by atoms with van der Waals surface area (Å²) in [6.07, 6.45) is -1.30.